The van der Waals surface area contributed by atoms with E-state index in [1.54, 1.807) is 11.3 Å². The zero-order chi connectivity index (χ0) is 13.9. The molecule has 0 aromatic carbocycles. The zero-order valence-corrected chi connectivity index (χ0v) is 12.5. The molecule has 3 unspecified atom stereocenters. The molecule has 0 saturated heterocycles. The highest BCUT2D eigenvalue weighted by atomic mass is 32.1. The molecule has 2 aromatic heterocycles. The maximum absolute atomic E-state index is 9.46. The SMILES string of the molecule is CCC1CCC(C#N)C(n2ccnc2-c2cccs2)C1. The Balaban J connectivity index is 1.95. The second kappa shape index (κ2) is 5.80. The minimum Gasteiger partial charge on any atom is -0.326 e. The molecule has 0 spiro atoms. The second-order valence-corrected chi connectivity index (χ2v) is 6.47. The van der Waals surface area contributed by atoms with Gasteiger partial charge in [-0.15, -0.1) is 11.3 Å². The van der Waals surface area contributed by atoms with E-state index in [2.05, 4.69) is 40.1 Å². The summed E-state index contributed by atoms with van der Waals surface area (Å²) in [6, 6.07) is 6.94. The molecule has 2 heterocycles. The summed E-state index contributed by atoms with van der Waals surface area (Å²) in [5, 5.41) is 11.5. The van der Waals surface area contributed by atoms with Crippen LogP contribution in [0.1, 0.15) is 38.6 Å². The van der Waals surface area contributed by atoms with E-state index in [-0.39, 0.29) is 12.0 Å². The summed E-state index contributed by atoms with van der Waals surface area (Å²) < 4.78 is 2.24. The van der Waals surface area contributed by atoms with Crippen molar-refractivity contribution >= 4 is 11.3 Å². The first-order valence-electron chi connectivity index (χ1n) is 7.29. The summed E-state index contributed by atoms with van der Waals surface area (Å²) >= 11 is 1.71. The lowest BCUT2D eigenvalue weighted by Gasteiger charge is -2.33. The molecule has 1 saturated carbocycles. The Hall–Kier alpha value is -1.60. The quantitative estimate of drug-likeness (QED) is 0.833. The van der Waals surface area contributed by atoms with Crippen molar-refractivity contribution < 1.29 is 0 Å². The van der Waals surface area contributed by atoms with Crippen molar-refractivity contribution in [3.8, 4) is 16.8 Å². The minimum atomic E-state index is 0.116. The number of hydrogen-bond acceptors (Lipinski definition) is 3. The van der Waals surface area contributed by atoms with Crippen LogP contribution in [0, 0.1) is 23.2 Å². The largest absolute Gasteiger partial charge is 0.326 e. The number of rotatable bonds is 3. The van der Waals surface area contributed by atoms with Gasteiger partial charge in [0.15, 0.2) is 0 Å². The van der Waals surface area contributed by atoms with Crippen LogP contribution in [0.2, 0.25) is 0 Å². The first-order valence-corrected chi connectivity index (χ1v) is 8.17. The molecule has 3 atom stereocenters. The van der Waals surface area contributed by atoms with Gasteiger partial charge in [-0.3, -0.25) is 0 Å². The predicted octanol–water partition coefficient (Wildman–Crippen LogP) is 4.50. The third-order valence-electron chi connectivity index (χ3n) is 4.44. The van der Waals surface area contributed by atoms with E-state index in [0.717, 1.165) is 24.6 Å². The van der Waals surface area contributed by atoms with Gasteiger partial charge < -0.3 is 4.57 Å². The number of thiophene rings is 1. The lowest BCUT2D eigenvalue weighted by molar-refractivity contribution is 0.218. The van der Waals surface area contributed by atoms with Gasteiger partial charge in [-0.05, 0) is 36.6 Å². The zero-order valence-electron chi connectivity index (χ0n) is 11.7. The van der Waals surface area contributed by atoms with E-state index in [4.69, 9.17) is 0 Å². The topological polar surface area (TPSA) is 41.6 Å². The van der Waals surface area contributed by atoms with Crippen molar-refractivity contribution in [2.45, 2.75) is 38.6 Å². The van der Waals surface area contributed by atoms with Gasteiger partial charge in [0.1, 0.15) is 5.82 Å². The molecular formula is C16H19N3S. The van der Waals surface area contributed by atoms with E-state index in [1.165, 1.54) is 17.7 Å². The predicted molar refractivity (Wildman–Crippen MR) is 81.3 cm³/mol. The lowest BCUT2D eigenvalue weighted by Crippen LogP contribution is -2.26. The molecule has 1 aliphatic rings. The van der Waals surface area contributed by atoms with Crippen molar-refractivity contribution in [1.29, 1.82) is 5.26 Å². The fraction of sp³-hybridized carbons (Fsp3) is 0.500. The van der Waals surface area contributed by atoms with Crippen molar-refractivity contribution in [1.82, 2.24) is 9.55 Å². The van der Waals surface area contributed by atoms with Crippen LogP contribution >= 0.6 is 11.3 Å². The number of nitrogens with zero attached hydrogens (tertiary/aromatic N) is 3. The van der Waals surface area contributed by atoms with E-state index in [0.29, 0.717) is 0 Å². The molecule has 1 aliphatic carbocycles. The van der Waals surface area contributed by atoms with Crippen LogP contribution in [0.3, 0.4) is 0 Å². The van der Waals surface area contributed by atoms with Crippen molar-refractivity contribution in [2.75, 3.05) is 0 Å². The molecule has 1 fully saturated rings. The molecule has 0 amide bonds. The number of hydrogen-bond donors (Lipinski definition) is 0. The van der Waals surface area contributed by atoms with Gasteiger partial charge in [-0.2, -0.15) is 5.26 Å². The maximum Gasteiger partial charge on any atom is 0.150 e. The summed E-state index contributed by atoms with van der Waals surface area (Å²) in [7, 11) is 0. The third-order valence-corrected chi connectivity index (χ3v) is 5.30. The molecular weight excluding hydrogens is 266 g/mol. The van der Waals surface area contributed by atoms with E-state index in [1.807, 2.05) is 12.4 Å². The highest BCUT2D eigenvalue weighted by Crippen LogP contribution is 2.40. The van der Waals surface area contributed by atoms with E-state index in [9.17, 15) is 5.26 Å². The monoisotopic (exact) mass is 285 g/mol. The molecule has 2 aromatic rings. The van der Waals surface area contributed by atoms with Crippen molar-refractivity contribution in [3.05, 3.63) is 29.9 Å². The van der Waals surface area contributed by atoms with Crippen LogP contribution in [0.15, 0.2) is 29.9 Å². The smallest absolute Gasteiger partial charge is 0.150 e. The third kappa shape index (κ3) is 2.38. The minimum absolute atomic E-state index is 0.116. The maximum atomic E-state index is 9.46. The average molecular weight is 285 g/mol. The number of aromatic nitrogens is 2. The van der Waals surface area contributed by atoms with Crippen LogP contribution in [-0.2, 0) is 0 Å². The second-order valence-electron chi connectivity index (χ2n) is 5.53. The summed E-state index contributed by atoms with van der Waals surface area (Å²) in [4.78, 5) is 5.70. The van der Waals surface area contributed by atoms with Gasteiger partial charge >= 0.3 is 0 Å². The Kier molecular flexibility index (Phi) is 3.88. The molecule has 0 bridgehead atoms. The van der Waals surface area contributed by atoms with Gasteiger partial charge in [0.05, 0.1) is 22.9 Å². The van der Waals surface area contributed by atoms with Crippen LogP contribution in [0.4, 0.5) is 0 Å². The van der Waals surface area contributed by atoms with Crippen molar-refractivity contribution in [2.24, 2.45) is 11.8 Å². The molecule has 3 nitrogen and oxygen atoms in total. The molecule has 4 heteroatoms. The first-order chi connectivity index (χ1) is 9.83. The first kappa shape index (κ1) is 13.4. The van der Waals surface area contributed by atoms with Gasteiger partial charge in [0, 0.05) is 12.4 Å². The van der Waals surface area contributed by atoms with E-state index < -0.39 is 0 Å². The Morgan fingerprint density at radius 2 is 2.40 bits per heavy atom. The summed E-state index contributed by atoms with van der Waals surface area (Å²) in [6.07, 6.45) is 8.41. The molecule has 20 heavy (non-hydrogen) atoms. The average Bonchev–Trinajstić information content (AvgIpc) is 3.16. The number of imidazole rings is 1. The van der Waals surface area contributed by atoms with Crippen LogP contribution in [-0.4, -0.2) is 9.55 Å². The summed E-state index contributed by atoms with van der Waals surface area (Å²) in [5.41, 5.74) is 0. The molecule has 0 N–H and O–H groups in total. The highest BCUT2D eigenvalue weighted by molar-refractivity contribution is 7.13. The molecule has 3 rings (SSSR count). The van der Waals surface area contributed by atoms with Crippen LogP contribution in [0.5, 0.6) is 0 Å². The number of nitriles is 1. The molecule has 104 valence electrons. The van der Waals surface area contributed by atoms with Crippen LogP contribution < -0.4 is 0 Å². The summed E-state index contributed by atoms with van der Waals surface area (Å²) in [6.45, 7) is 2.25. The molecule has 0 radical (unpaired) electrons. The van der Waals surface area contributed by atoms with E-state index >= 15 is 0 Å². The van der Waals surface area contributed by atoms with Gasteiger partial charge in [-0.25, -0.2) is 4.98 Å². The summed E-state index contributed by atoms with van der Waals surface area (Å²) in [5.74, 6) is 1.87. The van der Waals surface area contributed by atoms with Gasteiger partial charge in [0.2, 0.25) is 0 Å². The van der Waals surface area contributed by atoms with Crippen LogP contribution in [0.25, 0.3) is 10.7 Å². The Labute approximate surface area is 123 Å². The lowest BCUT2D eigenvalue weighted by atomic mass is 9.77. The highest BCUT2D eigenvalue weighted by Gasteiger charge is 2.32. The Bertz CT molecular complexity index is 594. The van der Waals surface area contributed by atoms with Gasteiger partial charge in [-0.1, -0.05) is 19.4 Å². The standard InChI is InChI=1S/C16H19N3S/c1-2-12-5-6-13(11-17)14(10-12)19-8-7-18-16(19)15-4-3-9-20-15/h3-4,7-9,12-14H,2,5-6,10H2,1H3. The fourth-order valence-corrected chi connectivity index (χ4v) is 3.96. The Morgan fingerprint density at radius 3 is 3.10 bits per heavy atom. The molecule has 0 aliphatic heterocycles. The normalized spacial score (nSPS) is 26.3. The fourth-order valence-electron chi connectivity index (χ4n) is 3.24. The van der Waals surface area contributed by atoms with Gasteiger partial charge in [0.25, 0.3) is 0 Å². The van der Waals surface area contributed by atoms with Crippen molar-refractivity contribution in [3.63, 3.8) is 0 Å². The Morgan fingerprint density at radius 1 is 1.50 bits per heavy atom.